The minimum atomic E-state index is -3.76. The Labute approximate surface area is 152 Å². The Hall–Kier alpha value is -2.87. The average molecular weight is 376 g/mol. The summed E-state index contributed by atoms with van der Waals surface area (Å²) in [6.45, 7) is 4.89. The summed E-state index contributed by atoms with van der Waals surface area (Å²) in [6.07, 6.45) is -1.05. The van der Waals surface area contributed by atoms with Gasteiger partial charge in [-0.25, -0.2) is 13.2 Å². The fourth-order valence-corrected chi connectivity index (χ4v) is 3.56. The minimum absolute atomic E-state index is 0.174. The third kappa shape index (κ3) is 4.60. The van der Waals surface area contributed by atoms with Crippen LogP contribution in [0.3, 0.4) is 0 Å². The van der Waals surface area contributed by atoms with Gasteiger partial charge in [-0.1, -0.05) is 12.1 Å². The van der Waals surface area contributed by atoms with Crippen LogP contribution in [0.1, 0.15) is 28.4 Å². The zero-order chi connectivity index (χ0) is 19.5. The van der Waals surface area contributed by atoms with Gasteiger partial charge >= 0.3 is 5.97 Å². The van der Waals surface area contributed by atoms with Crippen molar-refractivity contribution in [2.24, 2.45) is 5.73 Å². The van der Waals surface area contributed by atoms with E-state index in [1.807, 2.05) is 13.0 Å². The summed E-state index contributed by atoms with van der Waals surface area (Å²) < 4.78 is 32.5. The van der Waals surface area contributed by atoms with Gasteiger partial charge in [0.15, 0.2) is 6.10 Å². The molecule has 7 nitrogen and oxygen atoms in total. The largest absolute Gasteiger partial charge is 0.449 e. The molecule has 3 N–H and O–H groups in total. The number of rotatable bonds is 6. The van der Waals surface area contributed by atoms with E-state index in [0.717, 1.165) is 5.56 Å². The van der Waals surface area contributed by atoms with Crippen LogP contribution in [-0.4, -0.2) is 26.4 Å². The SMILES string of the molecule is Cc1ccc(C)c(S(=O)(=O)Nc2ccc(C(=O)O[C@H](C)C(N)=O)cc2)c1. The summed E-state index contributed by atoms with van der Waals surface area (Å²) in [4.78, 5) is 23.0. The maximum Gasteiger partial charge on any atom is 0.338 e. The van der Waals surface area contributed by atoms with Crippen molar-refractivity contribution in [1.82, 2.24) is 0 Å². The highest BCUT2D eigenvalue weighted by Gasteiger charge is 2.19. The summed E-state index contributed by atoms with van der Waals surface area (Å²) in [7, 11) is -3.76. The molecule has 0 bridgehead atoms. The predicted octanol–water partition coefficient (Wildman–Crippen LogP) is 2.13. The molecular weight excluding hydrogens is 356 g/mol. The first kappa shape index (κ1) is 19.5. The van der Waals surface area contributed by atoms with Gasteiger partial charge in [0.2, 0.25) is 0 Å². The number of aryl methyl sites for hydroxylation is 2. The lowest BCUT2D eigenvalue weighted by Gasteiger charge is -2.12. The number of sulfonamides is 1. The van der Waals surface area contributed by atoms with E-state index in [9.17, 15) is 18.0 Å². The summed E-state index contributed by atoms with van der Waals surface area (Å²) in [5.41, 5.74) is 6.97. The first-order valence-electron chi connectivity index (χ1n) is 7.80. The number of nitrogens with two attached hydrogens (primary N) is 1. The maximum atomic E-state index is 12.6. The molecule has 0 aliphatic carbocycles. The van der Waals surface area contributed by atoms with Gasteiger partial charge in [-0.15, -0.1) is 0 Å². The van der Waals surface area contributed by atoms with E-state index in [1.165, 1.54) is 31.2 Å². The van der Waals surface area contributed by atoms with Gasteiger partial charge in [0.25, 0.3) is 15.9 Å². The molecule has 1 amide bonds. The molecule has 0 spiro atoms. The van der Waals surface area contributed by atoms with E-state index in [1.54, 1.807) is 19.1 Å². The van der Waals surface area contributed by atoms with Gasteiger partial charge in [0, 0.05) is 5.69 Å². The van der Waals surface area contributed by atoms with E-state index in [2.05, 4.69) is 4.72 Å². The lowest BCUT2D eigenvalue weighted by Crippen LogP contribution is -2.30. The number of hydrogen-bond acceptors (Lipinski definition) is 5. The number of carbonyl (C=O) groups excluding carboxylic acids is 2. The molecule has 2 aromatic rings. The highest BCUT2D eigenvalue weighted by molar-refractivity contribution is 7.92. The number of hydrogen-bond donors (Lipinski definition) is 2. The summed E-state index contributed by atoms with van der Waals surface area (Å²) in [5, 5.41) is 0. The summed E-state index contributed by atoms with van der Waals surface area (Å²) >= 11 is 0. The number of anilines is 1. The Kier molecular flexibility index (Phi) is 5.66. The van der Waals surface area contributed by atoms with Crippen molar-refractivity contribution in [2.45, 2.75) is 31.8 Å². The Morgan fingerprint density at radius 1 is 1.08 bits per heavy atom. The molecule has 0 heterocycles. The van der Waals surface area contributed by atoms with Crippen molar-refractivity contribution in [2.75, 3.05) is 4.72 Å². The molecule has 2 rings (SSSR count). The second-order valence-corrected chi connectivity index (χ2v) is 7.55. The number of esters is 1. The number of benzene rings is 2. The fraction of sp³-hybridized carbons (Fsp3) is 0.222. The Bertz CT molecular complexity index is 937. The number of primary amides is 1. The first-order valence-corrected chi connectivity index (χ1v) is 9.29. The fourth-order valence-electron chi connectivity index (χ4n) is 2.17. The van der Waals surface area contributed by atoms with Crippen LogP contribution >= 0.6 is 0 Å². The second kappa shape index (κ2) is 7.57. The van der Waals surface area contributed by atoms with Crippen molar-refractivity contribution in [1.29, 1.82) is 0 Å². The molecule has 0 unspecified atom stereocenters. The average Bonchev–Trinajstić information content (AvgIpc) is 2.57. The third-order valence-corrected chi connectivity index (χ3v) is 5.21. The molecule has 26 heavy (non-hydrogen) atoms. The molecule has 0 fully saturated rings. The molecule has 138 valence electrons. The lowest BCUT2D eigenvalue weighted by atomic mass is 10.2. The van der Waals surface area contributed by atoms with Crippen LogP contribution in [0, 0.1) is 13.8 Å². The number of carbonyl (C=O) groups is 2. The van der Waals surface area contributed by atoms with E-state index in [4.69, 9.17) is 10.5 Å². The van der Waals surface area contributed by atoms with Crippen LogP contribution in [0.4, 0.5) is 5.69 Å². The molecule has 0 radical (unpaired) electrons. The normalized spacial score (nSPS) is 12.3. The van der Waals surface area contributed by atoms with Gasteiger partial charge < -0.3 is 10.5 Å². The molecule has 2 aromatic carbocycles. The summed E-state index contributed by atoms with van der Waals surface area (Å²) in [5.74, 6) is -1.48. The Morgan fingerprint density at radius 3 is 2.27 bits per heavy atom. The van der Waals surface area contributed by atoms with Gasteiger partial charge in [-0.2, -0.15) is 0 Å². The zero-order valence-electron chi connectivity index (χ0n) is 14.6. The van der Waals surface area contributed by atoms with Gasteiger partial charge in [-0.3, -0.25) is 9.52 Å². The Balaban J connectivity index is 2.17. The number of nitrogens with one attached hydrogen (secondary N) is 1. The van der Waals surface area contributed by atoms with Crippen LogP contribution in [0.15, 0.2) is 47.4 Å². The highest BCUT2D eigenvalue weighted by atomic mass is 32.2. The van der Waals surface area contributed by atoms with E-state index >= 15 is 0 Å². The predicted molar refractivity (Wildman–Crippen MR) is 97.2 cm³/mol. The zero-order valence-corrected chi connectivity index (χ0v) is 15.5. The van der Waals surface area contributed by atoms with E-state index in [0.29, 0.717) is 11.3 Å². The molecular formula is C18H20N2O5S. The van der Waals surface area contributed by atoms with Gasteiger partial charge in [0.05, 0.1) is 10.5 Å². The van der Waals surface area contributed by atoms with Crippen molar-refractivity contribution in [3.05, 3.63) is 59.2 Å². The van der Waals surface area contributed by atoms with Gasteiger partial charge in [0.1, 0.15) is 0 Å². The van der Waals surface area contributed by atoms with Crippen molar-refractivity contribution in [3.63, 3.8) is 0 Å². The van der Waals surface area contributed by atoms with Crippen molar-refractivity contribution < 1.29 is 22.7 Å². The molecule has 8 heteroatoms. The molecule has 0 saturated heterocycles. The highest BCUT2D eigenvalue weighted by Crippen LogP contribution is 2.21. The van der Waals surface area contributed by atoms with Gasteiger partial charge in [-0.05, 0) is 62.2 Å². The molecule has 0 aliphatic rings. The van der Waals surface area contributed by atoms with E-state index < -0.39 is 28.0 Å². The van der Waals surface area contributed by atoms with Crippen LogP contribution in [0.2, 0.25) is 0 Å². The van der Waals surface area contributed by atoms with Crippen LogP contribution in [0.5, 0.6) is 0 Å². The lowest BCUT2D eigenvalue weighted by molar-refractivity contribution is -0.125. The first-order chi connectivity index (χ1) is 12.1. The topological polar surface area (TPSA) is 116 Å². The standard InChI is InChI=1S/C18H20N2O5S/c1-11-4-5-12(2)16(10-11)26(23,24)20-15-8-6-14(7-9-15)18(22)25-13(3)17(19)21/h4-10,13,20H,1-3H3,(H2,19,21)/t13-/m1/s1. The maximum absolute atomic E-state index is 12.6. The molecule has 1 atom stereocenters. The number of amides is 1. The van der Waals surface area contributed by atoms with Crippen molar-refractivity contribution in [3.8, 4) is 0 Å². The quantitative estimate of drug-likeness (QED) is 0.749. The Morgan fingerprint density at radius 2 is 1.69 bits per heavy atom. The number of ether oxygens (including phenoxy) is 1. The van der Waals surface area contributed by atoms with Crippen LogP contribution in [0.25, 0.3) is 0 Å². The molecule has 0 aromatic heterocycles. The smallest absolute Gasteiger partial charge is 0.338 e. The van der Waals surface area contributed by atoms with E-state index in [-0.39, 0.29) is 10.5 Å². The summed E-state index contributed by atoms with van der Waals surface area (Å²) in [6, 6.07) is 10.8. The molecule has 0 saturated carbocycles. The molecule has 0 aliphatic heterocycles. The third-order valence-electron chi connectivity index (χ3n) is 3.69. The second-order valence-electron chi connectivity index (χ2n) is 5.90. The van der Waals surface area contributed by atoms with Crippen molar-refractivity contribution >= 4 is 27.6 Å². The van der Waals surface area contributed by atoms with Crippen LogP contribution < -0.4 is 10.5 Å². The van der Waals surface area contributed by atoms with Crippen LogP contribution in [-0.2, 0) is 19.6 Å². The minimum Gasteiger partial charge on any atom is -0.449 e. The monoisotopic (exact) mass is 376 g/mol.